The summed E-state index contributed by atoms with van der Waals surface area (Å²) in [6.45, 7) is 3.62. The topological polar surface area (TPSA) is 77.0 Å². The lowest BCUT2D eigenvalue weighted by molar-refractivity contribution is -0.144. The Morgan fingerprint density at radius 3 is 2.41 bits per heavy atom. The number of guanidine groups is 1. The van der Waals surface area contributed by atoms with Crippen LogP contribution in [0.25, 0.3) is 0 Å². The van der Waals surface area contributed by atoms with Crippen molar-refractivity contribution in [3.63, 3.8) is 0 Å². The van der Waals surface area contributed by atoms with Gasteiger partial charge in [0.15, 0.2) is 5.96 Å². The van der Waals surface area contributed by atoms with Crippen LogP contribution in [0.5, 0.6) is 0 Å². The summed E-state index contributed by atoms with van der Waals surface area (Å²) in [5, 5.41) is 6.26. The molecule has 2 aliphatic carbocycles. The highest BCUT2D eigenvalue weighted by atomic mass is 127. The van der Waals surface area contributed by atoms with Crippen LogP contribution in [0.15, 0.2) is 17.1 Å². The number of hydrogen-bond acceptors (Lipinski definition) is 4. The van der Waals surface area contributed by atoms with E-state index in [1.54, 1.807) is 0 Å². The molecule has 7 nitrogen and oxygen atoms in total. The Bertz CT molecular complexity index is 745. The van der Waals surface area contributed by atoms with Gasteiger partial charge in [-0.15, -0.1) is 24.0 Å². The highest BCUT2D eigenvalue weighted by Gasteiger charge is 2.58. The van der Waals surface area contributed by atoms with Crippen LogP contribution < -0.4 is 10.6 Å². The first-order valence-corrected chi connectivity index (χ1v) is 11.1. The van der Waals surface area contributed by atoms with Crippen LogP contribution in [-0.2, 0) is 9.59 Å². The number of amides is 2. The van der Waals surface area contributed by atoms with Gasteiger partial charge >= 0.3 is 6.18 Å². The first-order valence-electron chi connectivity index (χ1n) is 11.1. The molecule has 4 rings (SSSR count). The number of nitrogens with one attached hydrogen (secondary N) is 2. The molecule has 2 bridgehead atoms. The van der Waals surface area contributed by atoms with E-state index >= 15 is 0 Å². The third-order valence-electron chi connectivity index (χ3n) is 6.81. The quantitative estimate of drug-likeness (QED) is 0.161. The maximum Gasteiger partial charge on any atom is 0.401 e. The van der Waals surface area contributed by atoms with Gasteiger partial charge in [0.1, 0.15) is 0 Å². The first-order chi connectivity index (χ1) is 14.8. The molecule has 180 valence electrons. The van der Waals surface area contributed by atoms with E-state index in [2.05, 4.69) is 27.8 Å². The molecule has 0 aromatic carbocycles. The Hall–Kier alpha value is -1.37. The second kappa shape index (κ2) is 10.3. The lowest BCUT2D eigenvalue weighted by Crippen LogP contribution is -2.44. The molecule has 5 atom stereocenters. The van der Waals surface area contributed by atoms with Gasteiger partial charge in [-0.05, 0) is 44.1 Å². The molecule has 2 aliphatic heterocycles. The van der Waals surface area contributed by atoms with Gasteiger partial charge in [0, 0.05) is 32.7 Å². The van der Waals surface area contributed by atoms with Crippen molar-refractivity contribution in [3.05, 3.63) is 12.2 Å². The lowest BCUT2D eigenvalue weighted by atomic mass is 9.85. The summed E-state index contributed by atoms with van der Waals surface area (Å²) >= 11 is 0. The van der Waals surface area contributed by atoms with Crippen molar-refractivity contribution in [1.82, 2.24) is 20.4 Å². The van der Waals surface area contributed by atoms with Gasteiger partial charge in [-0.2, -0.15) is 13.2 Å². The van der Waals surface area contributed by atoms with Gasteiger partial charge in [0.2, 0.25) is 11.8 Å². The number of rotatable bonds is 7. The molecule has 11 heteroatoms. The maximum absolute atomic E-state index is 12.7. The monoisotopic (exact) mass is 569 g/mol. The Balaban J connectivity index is 0.00000289. The second-order valence-corrected chi connectivity index (χ2v) is 8.98. The maximum atomic E-state index is 12.7. The molecule has 4 aliphatic rings. The number of carbonyl (C=O) groups excluding carboxylic acids is 2. The van der Waals surface area contributed by atoms with Crippen LogP contribution >= 0.6 is 24.0 Å². The van der Waals surface area contributed by atoms with Crippen molar-refractivity contribution in [2.24, 2.45) is 34.6 Å². The number of alkyl halides is 3. The van der Waals surface area contributed by atoms with Crippen molar-refractivity contribution >= 4 is 41.8 Å². The van der Waals surface area contributed by atoms with Crippen LogP contribution in [0.2, 0.25) is 0 Å². The van der Waals surface area contributed by atoms with Crippen LogP contribution in [0.4, 0.5) is 13.2 Å². The van der Waals surface area contributed by atoms with Crippen molar-refractivity contribution in [3.8, 4) is 0 Å². The van der Waals surface area contributed by atoms with E-state index in [4.69, 9.17) is 0 Å². The molecule has 0 aromatic heterocycles. The minimum atomic E-state index is -4.17. The van der Waals surface area contributed by atoms with E-state index in [0.29, 0.717) is 45.1 Å². The summed E-state index contributed by atoms with van der Waals surface area (Å²) in [6, 6.07) is 0. The molecular weight excluding hydrogens is 538 g/mol. The average molecular weight is 569 g/mol. The van der Waals surface area contributed by atoms with Gasteiger partial charge in [0.25, 0.3) is 0 Å². The number of aliphatic imine (C=N–C) groups is 1. The number of hydrogen-bond donors (Lipinski definition) is 2. The zero-order valence-electron chi connectivity index (χ0n) is 18.1. The molecule has 0 spiro atoms. The molecule has 32 heavy (non-hydrogen) atoms. The number of fused-ring (bicyclic) bond motifs is 5. The van der Waals surface area contributed by atoms with Gasteiger partial charge in [-0.1, -0.05) is 12.2 Å². The number of nitrogens with zero attached hydrogens (tertiary/aromatic N) is 3. The Kier molecular flexibility index (Phi) is 8.11. The van der Waals surface area contributed by atoms with Gasteiger partial charge in [-0.25, -0.2) is 0 Å². The lowest BCUT2D eigenvalue weighted by Gasteiger charge is -2.19. The number of allylic oxidation sites excluding steroid dienone is 2. The molecular formula is C21H31F3IN5O2. The third kappa shape index (κ3) is 5.40. The van der Waals surface area contributed by atoms with Gasteiger partial charge < -0.3 is 10.6 Å². The number of carbonyl (C=O) groups is 2. The SMILES string of the molecule is CCNC(=NCC1CCN(CC(F)(F)F)C1)NCCN1C(=O)C2C3C=CC(C3)C2C1=O.I. The van der Waals surface area contributed by atoms with Crippen molar-refractivity contribution in [2.45, 2.75) is 25.9 Å². The number of halogens is 4. The van der Waals surface area contributed by atoms with Crippen molar-refractivity contribution in [2.75, 3.05) is 45.8 Å². The molecule has 3 fully saturated rings. The predicted octanol–water partition coefficient (Wildman–Crippen LogP) is 1.85. The summed E-state index contributed by atoms with van der Waals surface area (Å²) in [4.78, 5) is 32.8. The van der Waals surface area contributed by atoms with E-state index in [0.717, 1.165) is 6.42 Å². The minimum Gasteiger partial charge on any atom is -0.357 e. The molecule has 1 saturated carbocycles. The summed E-state index contributed by atoms with van der Waals surface area (Å²) in [5.74, 6) is 0.536. The summed E-state index contributed by atoms with van der Waals surface area (Å²) in [6.07, 6.45) is 1.58. The zero-order chi connectivity index (χ0) is 22.2. The second-order valence-electron chi connectivity index (χ2n) is 8.98. The van der Waals surface area contributed by atoms with E-state index in [1.165, 1.54) is 9.80 Å². The molecule has 2 amide bonds. The van der Waals surface area contributed by atoms with Gasteiger partial charge in [-0.3, -0.25) is 24.4 Å². The fourth-order valence-electron chi connectivity index (χ4n) is 5.49. The molecule has 2 saturated heterocycles. The van der Waals surface area contributed by atoms with E-state index < -0.39 is 12.7 Å². The highest BCUT2D eigenvalue weighted by Crippen LogP contribution is 2.52. The first kappa shape index (κ1) is 25.3. The van der Waals surface area contributed by atoms with Crippen LogP contribution in [-0.4, -0.2) is 79.6 Å². The summed E-state index contributed by atoms with van der Waals surface area (Å²) < 4.78 is 37.6. The largest absolute Gasteiger partial charge is 0.401 e. The Morgan fingerprint density at radius 1 is 1.16 bits per heavy atom. The van der Waals surface area contributed by atoms with Crippen LogP contribution in [0.1, 0.15) is 19.8 Å². The van der Waals surface area contributed by atoms with E-state index in [1.807, 2.05) is 6.92 Å². The van der Waals surface area contributed by atoms with Crippen LogP contribution in [0.3, 0.4) is 0 Å². The van der Waals surface area contributed by atoms with Crippen molar-refractivity contribution < 1.29 is 22.8 Å². The number of likely N-dealkylation sites (tertiary alicyclic amines) is 2. The Labute approximate surface area is 203 Å². The average Bonchev–Trinajstić information content (AvgIpc) is 3.46. The third-order valence-corrected chi connectivity index (χ3v) is 6.81. The minimum absolute atomic E-state index is 0. The predicted molar refractivity (Wildman–Crippen MR) is 124 cm³/mol. The van der Waals surface area contributed by atoms with Crippen LogP contribution in [0, 0.1) is 29.6 Å². The van der Waals surface area contributed by atoms with E-state index in [-0.39, 0.29) is 71.9 Å². The highest BCUT2D eigenvalue weighted by molar-refractivity contribution is 14.0. The molecule has 2 N–H and O–H groups in total. The normalized spacial score (nSPS) is 31.9. The Morgan fingerprint density at radius 2 is 1.81 bits per heavy atom. The van der Waals surface area contributed by atoms with Crippen molar-refractivity contribution in [1.29, 1.82) is 0 Å². The fraction of sp³-hybridized carbons (Fsp3) is 0.762. The molecule has 2 heterocycles. The van der Waals surface area contributed by atoms with E-state index in [9.17, 15) is 22.8 Å². The zero-order valence-corrected chi connectivity index (χ0v) is 20.4. The fourth-order valence-corrected chi connectivity index (χ4v) is 5.49. The summed E-state index contributed by atoms with van der Waals surface area (Å²) in [5.41, 5.74) is 0. The molecule has 0 aromatic rings. The molecule has 0 radical (unpaired) electrons. The summed E-state index contributed by atoms with van der Waals surface area (Å²) in [7, 11) is 0. The number of imide groups is 1. The smallest absolute Gasteiger partial charge is 0.357 e. The van der Waals surface area contributed by atoms with Gasteiger partial charge in [0.05, 0.1) is 18.4 Å². The standard InChI is InChI=1S/C21H30F3N5O2.HI/c1-2-25-20(27-10-13-5-7-28(11-13)12-21(22,23)24)26-6-8-29-18(30)16-14-3-4-15(9-14)17(16)19(29)31;/h3-4,13-17H,2,5-12H2,1H3,(H2,25,26,27);1H. The molecule has 5 unspecified atom stereocenters.